The van der Waals surface area contributed by atoms with Gasteiger partial charge in [0.2, 0.25) is 5.91 Å². The Hall–Kier alpha value is -2.27. The van der Waals surface area contributed by atoms with Crippen LogP contribution in [0, 0.1) is 15.2 Å². The van der Waals surface area contributed by atoms with Gasteiger partial charge in [-0.05, 0) is 76.5 Å². The van der Waals surface area contributed by atoms with Gasteiger partial charge in [0.15, 0.2) is 0 Å². The molecule has 5 nitrogen and oxygen atoms in total. The molecular weight excluding hydrogens is 589 g/mol. The van der Waals surface area contributed by atoms with E-state index < -0.39 is 23.8 Å². The number of halogens is 4. The second-order valence-corrected chi connectivity index (χ2v) is 9.67. The lowest BCUT2D eigenvalue weighted by Gasteiger charge is -2.25. The first-order valence-electron chi connectivity index (χ1n) is 11.0. The molecule has 0 heterocycles. The van der Waals surface area contributed by atoms with Gasteiger partial charge in [-0.2, -0.15) is 0 Å². The molecule has 3 aromatic carbocycles. The van der Waals surface area contributed by atoms with Gasteiger partial charge >= 0.3 is 0 Å². The SMILES string of the molecule is O=C(CCOc1ccccc1Cl)N[C@@H](Cc1cc(F)cc(F)c1)[C@H](O)CNCc1cccc(I)c1. The predicted octanol–water partition coefficient (Wildman–Crippen LogP) is 4.87. The van der Waals surface area contributed by atoms with E-state index in [-0.39, 0.29) is 31.9 Å². The fourth-order valence-electron chi connectivity index (χ4n) is 3.51. The van der Waals surface area contributed by atoms with E-state index in [1.54, 1.807) is 24.3 Å². The Labute approximate surface area is 222 Å². The normalized spacial score (nSPS) is 12.7. The van der Waals surface area contributed by atoms with Gasteiger partial charge in [0.05, 0.1) is 30.2 Å². The molecule has 0 aromatic heterocycles. The zero-order valence-corrected chi connectivity index (χ0v) is 21.7. The third-order valence-corrected chi connectivity index (χ3v) is 6.17. The van der Waals surface area contributed by atoms with E-state index in [0.717, 1.165) is 15.2 Å². The molecule has 0 radical (unpaired) electrons. The standard InChI is InChI=1S/C26H26ClF2IN2O3/c27-22-6-1-2-7-25(22)35-9-8-26(34)32-23(13-18-10-19(28)14-20(29)11-18)24(33)16-31-15-17-4-3-5-21(30)12-17/h1-7,10-12,14,23-24,31,33H,8-9,13,15-16H2,(H,32,34)/t23-,24+/m0/s1. The number of rotatable bonds is 12. The maximum Gasteiger partial charge on any atom is 0.223 e. The van der Waals surface area contributed by atoms with Crippen LogP contribution in [0.1, 0.15) is 17.5 Å². The minimum atomic E-state index is -1.00. The molecule has 0 unspecified atom stereocenters. The molecule has 3 rings (SSSR count). The van der Waals surface area contributed by atoms with Gasteiger partial charge in [0.25, 0.3) is 0 Å². The van der Waals surface area contributed by atoms with Crippen LogP contribution in [0.5, 0.6) is 5.75 Å². The van der Waals surface area contributed by atoms with Gasteiger partial charge in [-0.15, -0.1) is 0 Å². The summed E-state index contributed by atoms with van der Waals surface area (Å²) >= 11 is 8.28. The van der Waals surface area contributed by atoms with Gasteiger partial charge in [-0.1, -0.05) is 35.9 Å². The largest absolute Gasteiger partial charge is 0.491 e. The average Bonchev–Trinajstić information content (AvgIpc) is 2.79. The van der Waals surface area contributed by atoms with Crippen molar-refractivity contribution in [3.8, 4) is 5.75 Å². The monoisotopic (exact) mass is 614 g/mol. The van der Waals surface area contributed by atoms with Gasteiger partial charge in [-0.3, -0.25) is 4.79 Å². The molecule has 0 saturated heterocycles. The molecule has 9 heteroatoms. The van der Waals surface area contributed by atoms with E-state index in [1.165, 1.54) is 12.1 Å². The second kappa shape index (κ2) is 13.7. The quantitative estimate of drug-likeness (QED) is 0.255. The first-order valence-corrected chi connectivity index (χ1v) is 12.5. The fourth-order valence-corrected chi connectivity index (χ4v) is 4.31. The van der Waals surface area contributed by atoms with Crippen molar-refractivity contribution in [3.63, 3.8) is 0 Å². The first kappa shape index (κ1) is 27.3. The van der Waals surface area contributed by atoms with Crippen molar-refractivity contribution in [2.45, 2.75) is 31.5 Å². The van der Waals surface area contributed by atoms with Crippen molar-refractivity contribution in [2.75, 3.05) is 13.2 Å². The maximum atomic E-state index is 13.7. The Morgan fingerprint density at radius 3 is 2.49 bits per heavy atom. The Morgan fingerprint density at radius 2 is 1.77 bits per heavy atom. The van der Waals surface area contributed by atoms with Gasteiger partial charge in [0, 0.05) is 22.7 Å². The Bertz CT molecular complexity index is 1120. The minimum absolute atomic E-state index is 0.0157. The molecule has 0 fully saturated rings. The predicted molar refractivity (Wildman–Crippen MR) is 140 cm³/mol. The van der Waals surface area contributed by atoms with Crippen molar-refractivity contribution in [2.24, 2.45) is 0 Å². The van der Waals surface area contributed by atoms with Crippen molar-refractivity contribution in [1.29, 1.82) is 0 Å². The average molecular weight is 615 g/mol. The smallest absolute Gasteiger partial charge is 0.223 e. The highest BCUT2D eigenvalue weighted by Gasteiger charge is 2.22. The summed E-state index contributed by atoms with van der Waals surface area (Å²) < 4.78 is 34.0. The number of hydrogen-bond acceptors (Lipinski definition) is 4. The summed E-state index contributed by atoms with van der Waals surface area (Å²) in [5.74, 6) is -1.34. The maximum absolute atomic E-state index is 13.7. The molecule has 0 bridgehead atoms. The van der Waals surface area contributed by atoms with Crippen molar-refractivity contribution < 1.29 is 23.4 Å². The molecule has 0 spiro atoms. The Morgan fingerprint density at radius 1 is 1.03 bits per heavy atom. The second-order valence-electron chi connectivity index (χ2n) is 8.01. The number of aliphatic hydroxyl groups is 1. The molecule has 3 N–H and O–H groups in total. The summed E-state index contributed by atoms with van der Waals surface area (Å²) in [6.45, 7) is 0.775. The topological polar surface area (TPSA) is 70.6 Å². The number of amides is 1. The summed E-state index contributed by atoms with van der Waals surface area (Å²) in [5.41, 5.74) is 1.38. The Kier molecular flexibility index (Phi) is 10.7. The number of benzene rings is 3. The summed E-state index contributed by atoms with van der Waals surface area (Å²) in [4.78, 5) is 12.6. The van der Waals surface area contributed by atoms with E-state index in [0.29, 0.717) is 22.9 Å². The van der Waals surface area contributed by atoms with Crippen LogP contribution in [0.2, 0.25) is 5.02 Å². The number of hydrogen-bond donors (Lipinski definition) is 3. The Balaban J connectivity index is 1.59. The van der Waals surface area contributed by atoms with Crippen LogP contribution < -0.4 is 15.4 Å². The first-order chi connectivity index (χ1) is 16.8. The van der Waals surface area contributed by atoms with Gasteiger partial charge in [-0.25, -0.2) is 8.78 Å². The number of aliphatic hydroxyl groups excluding tert-OH is 1. The summed E-state index contributed by atoms with van der Waals surface area (Å²) in [6.07, 6.45) is -0.933. The molecule has 3 aromatic rings. The molecule has 0 aliphatic carbocycles. The molecular formula is C26H26ClF2IN2O3. The van der Waals surface area contributed by atoms with Crippen LogP contribution in [0.4, 0.5) is 8.78 Å². The lowest BCUT2D eigenvalue weighted by molar-refractivity contribution is -0.123. The third-order valence-electron chi connectivity index (χ3n) is 5.18. The highest BCUT2D eigenvalue weighted by Crippen LogP contribution is 2.23. The zero-order chi connectivity index (χ0) is 25.2. The minimum Gasteiger partial charge on any atom is -0.491 e. The highest BCUT2D eigenvalue weighted by atomic mass is 127. The third kappa shape index (κ3) is 9.36. The highest BCUT2D eigenvalue weighted by molar-refractivity contribution is 14.1. The molecule has 0 aliphatic heterocycles. The number of para-hydroxylation sites is 1. The number of nitrogens with one attached hydrogen (secondary N) is 2. The van der Waals surface area contributed by atoms with E-state index in [9.17, 15) is 18.7 Å². The number of ether oxygens (including phenoxy) is 1. The lowest BCUT2D eigenvalue weighted by Crippen LogP contribution is -2.49. The van der Waals surface area contributed by atoms with Crippen molar-refractivity contribution in [3.05, 3.63) is 98.1 Å². The lowest BCUT2D eigenvalue weighted by atomic mass is 10.0. The van der Waals surface area contributed by atoms with Crippen molar-refractivity contribution >= 4 is 40.1 Å². The van der Waals surface area contributed by atoms with Crippen LogP contribution in [0.25, 0.3) is 0 Å². The summed E-state index contributed by atoms with van der Waals surface area (Å²) in [7, 11) is 0. The van der Waals surface area contributed by atoms with Gasteiger partial charge < -0.3 is 20.5 Å². The van der Waals surface area contributed by atoms with E-state index in [4.69, 9.17) is 16.3 Å². The summed E-state index contributed by atoms with van der Waals surface area (Å²) in [6, 6.07) is 17.2. The van der Waals surface area contributed by atoms with Gasteiger partial charge in [0.1, 0.15) is 17.4 Å². The molecule has 2 atom stereocenters. The van der Waals surface area contributed by atoms with Crippen LogP contribution >= 0.6 is 34.2 Å². The molecule has 1 amide bonds. The van der Waals surface area contributed by atoms with E-state index >= 15 is 0 Å². The molecule has 35 heavy (non-hydrogen) atoms. The van der Waals surface area contributed by atoms with E-state index in [2.05, 4.69) is 33.2 Å². The molecule has 186 valence electrons. The molecule has 0 saturated carbocycles. The van der Waals surface area contributed by atoms with E-state index in [1.807, 2.05) is 24.3 Å². The van der Waals surface area contributed by atoms with Crippen molar-refractivity contribution in [1.82, 2.24) is 10.6 Å². The van der Waals surface area contributed by atoms with Crippen LogP contribution in [-0.4, -0.2) is 36.3 Å². The fraction of sp³-hybridized carbons (Fsp3) is 0.269. The van der Waals surface area contributed by atoms with Crippen LogP contribution in [0.15, 0.2) is 66.7 Å². The number of carbonyl (C=O) groups is 1. The molecule has 0 aliphatic rings. The van der Waals surface area contributed by atoms with Crippen LogP contribution in [0.3, 0.4) is 0 Å². The number of carbonyl (C=O) groups excluding carboxylic acids is 1. The summed E-state index contributed by atoms with van der Waals surface area (Å²) in [5, 5.41) is 17.2. The van der Waals surface area contributed by atoms with Crippen LogP contribution in [-0.2, 0) is 17.8 Å². The zero-order valence-electron chi connectivity index (χ0n) is 18.8.